The quantitative estimate of drug-likeness (QED) is 0.740. The Labute approximate surface area is 147 Å². The molecule has 7 nitrogen and oxygen atoms in total. The van der Waals surface area contributed by atoms with Gasteiger partial charge < -0.3 is 15.3 Å². The van der Waals surface area contributed by atoms with Crippen LogP contribution in [-0.4, -0.2) is 53.1 Å². The zero-order valence-corrected chi connectivity index (χ0v) is 14.7. The van der Waals surface area contributed by atoms with Gasteiger partial charge in [-0.15, -0.1) is 0 Å². The lowest BCUT2D eigenvalue weighted by molar-refractivity contribution is 0.164. The van der Waals surface area contributed by atoms with E-state index in [9.17, 15) is 9.90 Å². The molecule has 1 aliphatic carbocycles. The van der Waals surface area contributed by atoms with Crippen molar-refractivity contribution < 1.29 is 9.90 Å². The van der Waals surface area contributed by atoms with Crippen LogP contribution in [0, 0.1) is 0 Å². The number of nitrogens with one attached hydrogen (secondary N) is 2. The van der Waals surface area contributed by atoms with Crippen LogP contribution in [0.2, 0.25) is 0 Å². The predicted molar refractivity (Wildman–Crippen MR) is 96.5 cm³/mol. The first-order chi connectivity index (χ1) is 12.0. The van der Waals surface area contributed by atoms with Gasteiger partial charge in [0.2, 0.25) is 0 Å². The summed E-state index contributed by atoms with van der Waals surface area (Å²) in [5.74, 6) is 0.496. The smallest absolute Gasteiger partial charge is 0.321 e. The lowest BCUT2D eigenvalue weighted by Crippen LogP contribution is -2.48. The number of likely N-dealkylation sites (N-methyl/N-ethyl adjacent to an activating group) is 1. The lowest BCUT2D eigenvalue weighted by Gasteiger charge is -2.29. The van der Waals surface area contributed by atoms with E-state index in [4.69, 9.17) is 0 Å². The second kappa shape index (κ2) is 7.25. The maximum atomic E-state index is 12.4. The molecule has 7 heteroatoms. The molecule has 1 atom stereocenters. The van der Waals surface area contributed by atoms with Gasteiger partial charge in [0.25, 0.3) is 0 Å². The summed E-state index contributed by atoms with van der Waals surface area (Å²) in [7, 11) is 4.01. The molecular formula is C18H25N5O2. The van der Waals surface area contributed by atoms with E-state index in [0.717, 1.165) is 25.1 Å². The minimum Gasteiger partial charge on any atom is -0.394 e. The van der Waals surface area contributed by atoms with Crippen LogP contribution in [0.15, 0.2) is 36.5 Å². The van der Waals surface area contributed by atoms with Crippen LogP contribution in [-0.2, 0) is 18.5 Å². The minimum atomic E-state index is -0.728. The van der Waals surface area contributed by atoms with Crippen molar-refractivity contribution in [2.45, 2.75) is 24.9 Å². The van der Waals surface area contributed by atoms with Gasteiger partial charge in [-0.3, -0.25) is 10.00 Å². The number of aliphatic hydroxyl groups is 1. The molecule has 1 heterocycles. The molecule has 0 spiro atoms. The number of fused-ring (bicyclic) bond motifs is 1. The second-order valence-corrected chi connectivity index (χ2v) is 6.74. The molecule has 134 valence electrons. The zero-order valence-electron chi connectivity index (χ0n) is 14.7. The van der Waals surface area contributed by atoms with Crippen molar-refractivity contribution in [1.82, 2.24) is 20.0 Å². The molecule has 1 aromatic heterocycles. The van der Waals surface area contributed by atoms with Crippen LogP contribution < -0.4 is 10.6 Å². The van der Waals surface area contributed by atoms with E-state index in [0.29, 0.717) is 12.2 Å². The summed E-state index contributed by atoms with van der Waals surface area (Å²) < 4.78 is 1.79. The first-order valence-electron chi connectivity index (χ1n) is 8.49. The highest BCUT2D eigenvalue weighted by atomic mass is 16.3. The van der Waals surface area contributed by atoms with E-state index in [-0.39, 0.29) is 12.6 Å². The number of carbonyl (C=O) groups excluding carboxylic acids is 1. The van der Waals surface area contributed by atoms with Gasteiger partial charge in [-0.1, -0.05) is 24.3 Å². The van der Waals surface area contributed by atoms with E-state index in [1.54, 1.807) is 10.7 Å². The Hall–Kier alpha value is -2.38. The molecule has 0 fully saturated rings. The topological polar surface area (TPSA) is 82.4 Å². The van der Waals surface area contributed by atoms with Crippen LogP contribution in [0.3, 0.4) is 0 Å². The number of urea groups is 1. The van der Waals surface area contributed by atoms with Gasteiger partial charge >= 0.3 is 6.03 Å². The Kier molecular flexibility index (Phi) is 5.06. The van der Waals surface area contributed by atoms with Gasteiger partial charge in [0.05, 0.1) is 18.7 Å². The number of aryl methyl sites for hydroxylation is 1. The van der Waals surface area contributed by atoms with Crippen molar-refractivity contribution in [3.63, 3.8) is 0 Å². The van der Waals surface area contributed by atoms with Crippen molar-refractivity contribution in [2.24, 2.45) is 0 Å². The van der Waals surface area contributed by atoms with Gasteiger partial charge in [0, 0.05) is 18.8 Å². The number of hydrogen-bond donors (Lipinski definition) is 3. The molecule has 0 saturated heterocycles. The standard InChI is InChI=1S/C18H25N5O2/c1-22(2)11-12-23-10-8-16(21-23)19-17(25)20-18(13-24)9-7-14-5-3-4-6-15(14)18/h3-6,8,10,24H,7,9,11-13H2,1-2H3,(H2,19,20,21,25). The molecule has 1 aromatic carbocycles. The highest BCUT2D eigenvalue weighted by Gasteiger charge is 2.39. The van der Waals surface area contributed by atoms with Crippen molar-refractivity contribution in [3.05, 3.63) is 47.7 Å². The van der Waals surface area contributed by atoms with Gasteiger partial charge in [-0.05, 0) is 38.1 Å². The Morgan fingerprint density at radius 3 is 2.92 bits per heavy atom. The summed E-state index contributed by atoms with van der Waals surface area (Å²) in [6.45, 7) is 1.50. The third-order valence-electron chi connectivity index (χ3n) is 4.64. The van der Waals surface area contributed by atoms with Gasteiger partial charge in [-0.25, -0.2) is 4.79 Å². The Balaban J connectivity index is 1.64. The normalized spacial score (nSPS) is 19.0. The monoisotopic (exact) mass is 343 g/mol. The SMILES string of the molecule is CN(C)CCn1ccc(NC(=O)NC2(CO)CCc3ccccc32)n1. The highest BCUT2D eigenvalue weighted by molar-refractivity contribution is 5.89. The van der Waals surface area contributed by atoms with E-state index in [1.165, 1.54) is 5.56 Å². The fourth-order valence-electron chi connectivity index (χ4n) is 3.24. The molecule has 3 rings (SSSR count). The third-order valence-corrected chi connectivity index (χ3v) is 4.64. The third kappa shape index (κ3) is 3.83. The Morgan fingerprint density at radius 2 is 2.16 bits per heavy atom. The molecule has 0 aliphatic heterocycles. The highest BCUT2D eigenvalue weighted by Crippen LogP contribution is 2.36. The van der Waals surface area contributed by atoms with Crippen LogP contribution in [0.5, 0.6) is 0 Å². The number of benzene rings is 1. The lowest BCUT2D eigenvalue weighted by atomic mass is 9.93. The van der Waals surface area contributed by atoms with E-state index >= 15 is 0 Å². The number of hydrogen-bond acceptors (Lipinski definition) is 4. The first-order valence-corrected chi connectivity index (χ1v) is 8.49. The van der Waals surface area contributed by atoms with Gasteiger partial charge in [-0.2, -0.15) is 5.10 Å². The van der Waals surface area contributed by atoms with Crippen LogP contribution in [0.1, 0.15) is 17.5 Å². The molecule has 25 heavy (non-hydrogen) atoms. The zero-order chi connectivity index (χ0) is 17.9. The number of anilines is 1. The second-order valence-electron chi connectivity index (χ2n) is 6.74. The maximum absolute atomic E-state index is 12.4. The largest absolute Gasteiger partial charge is 0.394 e. The summed E-state index contributed by atoms with van der Waals surface area (Å²) >= 11 is 0. The number of carbonyl (C=O) groups is 1. The average molecular weight is 343 g/mol. The summed E-state index contributed by atoms with van der Waals surface area (Å²) in [4.78, 5) is 14.5. The predicted octanol–water partition coefficient (Wildman–Crippen LogP) is 1.40. The fraction of sp³-hybridized carbons (Fsp3) is 0.444. The van der Waals surface area contributed by atoms with Crippen molar-refractivity contribution in [3.8, 4) is 0 Å². The molecule has 2 aromatic rings. The van der Waals surface area contributed by atoms with E-state index < -0.39 is 5.54 Å². The molecular weight excluding hydrogens is 318 g/mol. The molecule has 1 aliphatic rings. The van der Waals surface area contributed by atoms with Gasteiger partial charge in [0.15, 0.2) is 5.82 Å². The fourth-order valence-corrected chi connectivity index (χ4v) is 3.24. The van der Waals surface area contributed by atoms with Crippen molar-refractivity contribution in [2.75, 3.05) is 32.6 Å². The molecule has 3 N–H and O–H groups in total. The number of amides is 2. The van der Waals surface area contributed by atoms with Crippen LogP contribution in [0.25, 0.3) is 0 Å². The van der Waals surface area contributed by atoms with Crippen LogP contribution in [0.4, 0.5) is 10.6 Å². The number of aliphatic hydroxyl groups excluding tert-OH is 1. The Bertz CT molecular complexity index is 743. The minimum absolute atomic E-state index is 0.130. The van der Waals surface area contributed by atoms with Crippen molar-refractivity contribution in [1.29, 1.82) is 0 Å². The first kappa shape index (κ1) is 17.4. The van der Waals surface area contributed by atoms with Gasteiger partial charge in [0.1, 0.15) is 0 Å². The number of nitrogens with zero attached hydrogens (tertiary/aromatic N) is 3. The van der Waals surface area contributed by atoms with Crippen LogP contribution >= 0.6 is 0 Å². The van der Waals surface area contributed by atoms with E-state index in [2.05, 4.69) is 20.6 Å². The summed E-state index contributed by atoms with van der Waals surface area (Å²) in [5.41, 5.74) is 1.43. The number of rotatable bonds is 6. The van der Waals surface area contributed by atoms with E-state index in [1.807, 2.05) is 44.6 Å². The summed E-state index contributed by atoms with van der Waals surface area (Å²) in [6.07, 6.45) is 3.37. The molecule has 0 saturated carbocycles. The number of aromatic nitrogens is 2. The molecule has 0 bridgehead atoms. The average Bonchev–Trinajstić information content (AvgIpc) is 3.18. The maximum Gasteiger partial charge on any atom is 0.321 e. The Morgan fingerprint density at radius 1 is 1.36 bits per heavy atom. The molecule has 1 unspecified atom stereocenters. The molecule has 2 amide bonds. The molecule has 0 radical (unpaired) electrons. The summed E-state index contributed by atoms with van der Waals surface area (Å²) in [6, 6.07) is 9.33. The summed E-state index contributed by atoms with van der Waals surface area (Å²) in [5, 5.41) is 20.0. The van der Waals surface area contributed by atoms with Crippen molar-refractivity contribution >= 4 is 11.8 Å².